The fourth-order valence-corrected chi connectivity index (χ4v) is 2.56. The lowest BCUT2D eigenvalue weighted by molar-refractivity contribution is -0.113. The summed E-state index contributed by atoms with van der Waals surface area (Å²) in [6.07, 6.45) is 0. The van der Waals surface area contributed by atoms with Crippen LogP contribution in [0.15, 0.2) is 29.4 Å². The minimum Gasteiger partial charge on any atom is -0.323 e. The molecule has 21 heavy (non-hydrogen) atoms. The second kappa shape index (κ2) is 6.67. The van der Waals surface area contributed by atoms with Crippen molar-refractivity contribution < 1.29 is 9.18 Å². The number of carbonyl (C=O) groups excluding carboxylic acids is 1. The highest BCUT2D eigenvalue weighted by molar-refractivity contribution is 7.99. The number of amides is 1. The molecule has 1 N–H and O–H groups in total. The summed E-state index contributed by atoms with van der Waals surface area (Å²) in [4.78, 5) is 20.3. The van der Waals surface area contributed by atoms with Gasteiger partial charge in [-0.2, -0.15) is 0 Å². The number of aromatic nitrogens is 2. The summed E-state index contributed by atoms with van der Waals surface area (Å²) in [7, 11) is 0. The second-order valence-corrected chi connectivity index (χ2v) is 5.70. The highest BCUT2D eigenvalue weighted by atomic mass is 32.2. The van der Waals surface area contributed by atoms with E-state index in [1.165, 1.54) is 17.8 Å². The maximum atomic E-state index is 13.6. The third kappa shape index (κ3) is 4.53. The topological polar surface area (TPSA) is 54.9 Å². The molecule has 0 aliphatic heterocycles. The van der Waals surface area contributed by atoms with Crippen LogP contribution in [-0.2, 0) is 4.79 Å². The zero-order chi connectivity index (χ0) is 15.4. The molecule has 1 heterocycles. The van der Waals surface area contributed by atoms with Gasteiger partial charge in [-0.1, -0.05) is 17.8 Å². The van der Waals surface area contributed by atoms with Crippen molar-refractivity contribution in [2.45, 2.75) is 25.9 Å². The molecule has 0 bridgehead atoms. The Morgan fingerprint density at radius 3 is 2.52 bits per heavy atom. The van der Waals surface area contributed by atoms with E-state index in [2.05, 4.69) is 15.3 Å². The van der Waals surface area contributed by atoms with Crippen LogP contribution in [0, 0.1) is 26.6 Å². The number of nitrogens with zero attached hydrogens (tertiary/aromatic N) is 2. The Morgan fingerprint density at radius 1 is 1.19 bits per heavy atom. The van der Waals surface area contributed by atoms with Crippen LogP contribution in [0.25, 0.3) is 0 Å². The molecule has 1 aromatic heterocycles. The van der Waals surface area contributed by atoms with E-state index in [9.17, 15) is 9.18 Å². The number of hydrogen-bond acceptors (Lipinski definition) is 4. The fourth-order valence-electron chi connectivity index (χ4n) is 1.81. The summed E-state index contributed by atoms with van der Waals surface area (Å²) < 4.78 is 13.6. The highest BCUT2D eigenvalue weighted by Crippen LogP contribution is 2.18. The Morgan fingerprint density at radius 2 is 1.86 bits per heavy atom. The van der Waals surface area contributed by atoms with E-state index in [-0.39, 0.29) is 17.3 Å². The van der Waals surface area contributed by atoms with Gasteiger partial charge >= 0.3 is 0 Å². The van der Waals surface area contributed by atoms with Gasteiger partial charge in [0.2, 0.25) is 5.91 Å². The van der Waals surface area contributed by atoms with E-state index in [1.54, 1.807) is 12.1 Å². The molecule has 4 nitrogen and oxygen atoms in total. The first-order valence-corrected chi connectivity index (χ1v) is 7.43. The molecule has 0 aliphatic rings. The molecule has 0 fully saturated rings. The molecule has 0 saturated carbocycles. The van der Waals surface area contributed by atoms with Gasteiger partial charge in [-0.3, -0.25) is 4.79 Å². The van der Waals surface area contributed by atoms with Crippen LogP contribution in [0.4, 0.5) is 10.1 Å². The van der Waals surface area contributed by atoms with Crippen LogP contribution in [0.1, 0.15) is 17.0 Å². The molecule has 0 atom stereocenters. The summed E-state index contributed by atoms with van der Waals surface area (Å²) in [5.74, 6) is -0.593. The van der Waals surface area contributed by atoms with Gasteiger partial charge in [-0.25, -0.2) is 14.4 Å². The van der Waals surface area contributed by atoms with Gasteiger partial charge in [-0.15, -0.1) is 0 Å². The van der Waals surface area contributed by atoms with Crippen molar-refractivity contribution in [2.24, 2.45) is 0 Å². The largest absolute Gasteiger partial charge is 0.323 e. The first-order chi connectivity index (χ1) is 9.94. The molecular formula is C15H16FN3OS. The number of benzene rings is 1. The van der Waals surface area contributed by atoms with E-state index >= 15 is 0 Å². The predicted octanol–water partition coefficient (Wildman–Crippen LogP) is 3.27. The van der Waals surface area contributed by atoms with Crippen molar-refractivity contribution in [1.29, 1.82) is 0 Å². The summed E-state index contributed by atoms with van der Waals surface area (Å²) in [6.45, 7) is 5.59. The van der Waals surface area contributed by atoms with Gasteiger partial charge in [0.05, 0.1) is 11.4 Å². The van der Waals surface area contributed by atoms with Crippen LogP contribution >= 0.6 is 11.8 Å². The summed E-state index contributed by atoms with van der Waals surface area (Å²) >= 11 is 1.23. The zero-order valence-electron chi connectivity index (χ0n) is 12.1. The highest BCUT2D eigenvalue weighted by Gasteiger charge is 2.09. The van der Waals surface area contributed by atoms with Gasteiger partial charge in [-0.05, 0) is 44.5 Å². The summed E-state index contributed by atoms with van der Waals surface area (Å²) in [5.41, 5.74) is 2.80. The van der Waals surface area contributed by atoms with Crippen LogP contribution in [0.5, 0.6) is 0 Å². The second-order valence-electron chi connectivity index (χ2n) is 4.75. The predicted molar refractivity (Wildman–Crippen MR) is 82.0 cm³/mol. The molecule has 0 aliphatic carbocycles. The Balaban J connectivity index is 1.97. The first kappa shape index (κ1) is 15.4. The average Bonchev–Trinajstić information content (AvgIpc) is 2.40. The quantitative estimate of drug-likeness (QED) is 0.696. The van der Waals surface area contributed by atoms with Crippen LogP contribution < -0.4 is 5.32 Å². The van der Waals surface area contributed by atoms with Crippen LogP contribution in [-0.4, -0.2) is 21.6 Å². The van der Waals surface area contributed by atoms with E-state index in [0.717, 1.165) is 17.0 Å². The average molecular weight is 305 g/mol. The lowest BCUT2D eigenvalue weighted by atomic mass is 10.2. The maximum Gasteiger partial charge on any atom is 0.234 e. The molecule has 2 aromatic rings. The Kier molecular flexibility index (Phi) is 4.90. The number of thioether (sulfide) groups is 1. The third-order valence-electron chi connectivity index (χ3n) is 2.69. The van der Waals surface area contributed by atoms with E-state index in [0.29, 0.717) is 5.16 Å². The van der Waals surface area contributed by atoms with Gasteiger partial charge in [0.25, 0.3) is 0 Å². The number of anilines is 1. The monoisotopic (exact) mass is 305 g/mol. The molecule has 0 radical (unpaired) electrons. The molecule has 1 aromatic carbocycles. The normalized spacial score (nSPS) is 10.5. The summed E-state index contributed by atoms with van der Waals surface area (Å²) in [5, 5.41) is 3.11. The standard InChI is InChI=1S/C15H16FN3OS/c1-9-4-5-12(16)13(6-9)19-14(20)8-21-15-17-10(2)7-11(3)18-15/h4-7H,8H2,1-3H3,(H,19,20). The maximum absolute atomic E-state index is 13.6. The van der Waals surface area contributed by atoms with Gasteiger partial charge < -0.3 is 5.32 Å². The third-order valence-corrected chi connectivity index (χ3v) is 3.54. The molecule has 1 amide bonds. The van der Waals surface area contributed by atoms with Crippen molar-refractivity contribution in [3.63, 3.8) is 0 Å². The minimum atomic E-state index is -0.443. The van der Waals surface area contributed by atoms with E-state index in [4.69, 9.17) is 0 Å². The zero-order valence-corrected chi connectivity index (χ0v) is 12.9. The lowest BCUT2D eigenvalue weighted by Crippen LogP contribution is -2.15. The number of aryl methyl sites for hydroxylation is 3. The van der Waals surface area contributed by atoms with Crippen LogP contribution in [0.3, 0.4) is 0 Å². The Labute approximate surface area is 127 Å². The van der Waals surface area contributed by atoms with E-state index in [1.807, 2.05) is 26.8 Å². The van der Waals surface area contributed by atoms with Crippen molar-refractivity contribution >= 4 is 23.4 Å². The fraction of sp³-hybridized carbons (Fsp3) is 0.267. The SMILES string of the molecule is Cc1ccc(F)c(NC(=O)CSc2nc(C)cc(C)n2)c1. The minimum absolute atomic E-state index is 0.135. The molecule has 0 saturated heterocycles. The molecule has 110 valence electrons. The van der Waals surface area contributed by atoms with Crippen LogP contribution in [0.2, 0.25) is 0 Å². The smallest absolute Gasteiger partial charge is 0.234 e. The Bertz CT molecular complexity index is 656. The first-order valence-electron chi connectivity index (χ1n) is 6.45. The van der Waals surface area contributed by atoms with Crippen molar-refractivity contribution in [3.05, 3.63) is 47.0 Å². The van der Waals surface area contributed by atoms with Gasteiger partial charge in [0, 0.05) is 11.4 Å². The Hall–Kier alpha value is -1.95. The van der Waals surface area contributed by atoms with Crippen molar-refractivity contribution in [1.82, 2.24) is 9.97 Å². The van der Waals surface area contributed by atoms with E-state index < -0.39 is 5.82 Å². The van der Waals surface area contributed by atoms with Gasteiger partial charge in [0.1, 0.15) is 5.82 Å². The molecule has 2 rings (SSSR count). The van der Waals surface area contributed by atoms with Gasteiger partial charge in [0.15, 0.2) is 5.16 Å². The van der Waals surface area contributed by atoms with Crippen molar-refractivity contribution in [3.8, 4) is 0 Å². The number of carbonyl (C=O) groups is 1. The molecular weight excluding hydrogens is 289 g/mol. The number of hydrogen-bond donors (Lipinski definition) is 1. The number of rotatable bonds is 4. The lowest BCUT2D eigenvalue weighted by Gasteiger charge is -2.07. The van der Waals surface area contributed by atoms with Crippen molar-refractivity contribution in [2.75, 3.05) is 11.1 Å². The number of halogens is 1. The molecule has 0 unspecified atom stereocenters. The number of nitrogens with one attached hydrogen (secondary N) is 1. The molecule has 0 spiro atoms. The molecule has 6 heteroatoms. The summed E-state index contributed by atoms with van der Waals surface area (Å²) in [6, 6.07) is 6.46.